The van der Waals surface area contributed by atoms with Crippen molar-refractivity contribution in [2.45, 2.75) is 179 Å². The molecule has 0 aromatic heterocycles. The summed E-state index contributed by atoms with van der Waals surface area (Å²) in [5, 5.41) is 0. The average molecular weight is 793 g/mol. The van der Waals surface area contributed by atoms with Crippen molar-refractivity contribution in [1.29, 1.82) is 0 Å². The van der Waals surface area contributed by atoms with Crippen LogP contribution in [0.5, 0.6) is 0 Å². The standard InChI is InChI=1S/C40H63F3O10S/c1-24-12-14-30-26(3)36(7,48-32-37(30)28(24)16-18-34(5,46-32)50-52-37)44-20-8-10-22-54-23-11-9-21-45-39(40(41,42)43)27(4)31-15-13-25(2)29-17-19-35(6)47-33(49-39)38(29,31)53-51-35/h24-33H,8-23H2,1-7H3/t24-,25-,26-,27-,28+,29+,30+,31+,32+,33+,34-,35+,36+,37-,38-,39-/m1/s1. The number of halogens is 3. The van der Waals surface area contributed by atoms with E-state index in [1.807, 2.05) is 13.8 Å². The molecule has 2 spiro atoms. The molecule has 0 aromatic rings. The highest BCUT2D eigenvalue weighted by atomic mass is 32.2. The molecule has 10 aliphatic rings. The second kappa shape index (κ2) is 14.5. The molecule has 54 heavy (non-hydrogen) atoms. The SMILES string of the molecule is C[C@@H]1CC[C@H]2[C@@H](C)[C@@](C)(OCCCCSCCCCO[C@@]3(C(F)(F)F)O[C@@H]4O[C@]5(C)CC[C@H]6[C@H](C)CC[C@@H]([C@H]3C)[C@@]46OO5)O[C@@H]3O[C@@]4(C)CC[C@@H]1[C@]32OO4. The number of hydrogen-bond acceptors (Lipinski definition) is 11. The molecule has 4 bridgehead atoms. The van der Waals surface area contributed by atoms with Gasteiger partial charge in [0.25, 0.3) is 5.79 Å². The molecule has 310 valence electrons. The molecule has 0 amide bonds. The van der Waals surface area contributed by atoms with Crippen LogP contribution in [0.4, 0.5) is 13.2 Å². The van der Waals surface area contributed by atoms with Crippen LogP contribution >= 0.6 is 11.8 Å². The molecule has 10 nitrogen and oxygen atoms in total. The van der Waals surface area contributed by atoms with E-state index < -0.39 is 64.9 Å². The summed E-state index contributed by atoms with van der Waals surface area (Å²) in [6.07, 6.45) is 3.16. The molecular formula is C40H63F3O10S. The Balaban J connectivity index is 0.788. The van der Waals surface area contributed by atoms with Crippen molar-refractivity contribution >= 4 is 11.8 Å². The zero-order valence-corrected chi connectivity index (χ0v) is 34.0. The Bertz CT molecular complexity index is 1360. The quantitative estimate of drug-likeness (QED) is 0.140. The fraction of sp³-hybridized carbons (Fsp3) is 1.00. The Hall–Kier alpha value is -0.260. The highest BCUT2D eigenvalue weighted by molar-refractivity contribution is 7.99. The van der Waals surface area contributed by atoms with Gasteiger partial charge in [-0.3, -0.25) is 0 Å². The lowest BCUT2D eigenvalue weighted by Crippen LogP contribution is -2.76. The van der Waals surface area contributed by atoms with Gasteiger partial charge in [0, 0.05) is 36.5 Å². The Labute approximate surface area is 323 Å². The monoisotopic (exact) mass is 792 g/mol. The van der Waals surface area contributed by atoms with Gasteiger partial charge in [-0.15, -0.1) is 0 Å². The van der Waals surface area contributed by atoms with Crippen LogP contribution in [0, 0.1) is 47.3 Å². The van der Waals surface area contributed by atoms with E-state index >= 15 is 13.2 Å². The molecule has 2 saturated carbocycles. The number of rotatable bonds is 12. The maximum atomic E-state index is 15.1. The number of thioether (sulfide) groups is 1. The first-order valence-corrected chi connectivity index (χ1v) is 22.1. The van der Waals surface area contributed by atoms with Gasteiger partial charge < -0.3 is 28.4 Å². The number of fused-ring (bicyclic) bond motifs is 4. The van der Waals surface area contributed by atoms with Crippen molar-refractivity contribution in [3.8, 4) is 0 Å². The molecule has 14 heteroatoms. The minimum Gasteiger partial charge on any atom is -0.350 e. The third-order valence-electron chi connectivity index (χ3n) is 15.3. The van der Waals surface area contributed by atoms with Gasteiger partial charge in [0.2, 0.25) is 11.6 Å². The fourth-order valence-corrected chi connectivity index (χ4v) is 13.0. The van der Waals surface area contributed by atoms with Gasteiger partial charge in [0.1, 0.15) is 0 Å². The van der Waals surface area contributed by atoms with Crippen molar-refractivity contribution in [1.82, 2.24) is 0 Å². The number of ether oxygens (including phenoxy) is 6. The lowest BCUT2D eigenvalue weighted by molar-refractivity contribution is -0.598. The molecule has 0 unspecified atom stereocenters. The first kappa shape index (κ1) is 40.5. The highest BCUT2D eigenvalue weighted by Gasteiger charge is 2.77. The van der Waals surface area contributed by atoms with Crippen molar-refractivity contribution in [2.24, 2.45) is 47.3 Å². The second-order valence-corrected chi connectivity index (χ2v) is 19.8. The van der Waals surface area contributed by atoms with Gasteiger partial charge in [-0.2, -0.15) is 24.9 Å². The summed E-state index contributed by atoms with van der Waals surface area (Å²) in [6.45, 7) is 14.5. The van der Waals surface area contributed by atoms with Crippen LogP contribution in [0.2, 0.25) is 0 Å². The predicted octanol–water partition coefficient (Wildman–Crippen LogP) is 9.05. The molecule has 0 N–H and O–H groups in total. The predicted molar refractivity (Wildman–Crippen MR) is 191 cm³/mol. The molecule has 0 radical (unpaired) electrons. The molecule has 0 aromatic carbocycles. The van der Waals surface area contributed by atoms with E-state index in [-0.39, 0.29) is 30.3 Å². The zero-order valence-electron chi connectivity index (χ0n) is 33.2. The van der Waals surface area contributed by atoms with Crippen LogP contribution in [0.25, 0.3) is 0 Å². The van der Waals surface area contributed by atoms with E-state index in [1.165, 1.54) is 0 Å². The zero-order chi connectivity index (χ0) is 38.4. The maximum Gasteiger partial charge on any atom is 0.443 e. The molecule has 16 atom stereocenters. The summed E-state index contributed by atoms with van der Waals surface area (Å²) in [7, 11) is 0. The Morgan fingerprint density at radius 2 is 1.07 bits per heavy atom. The molecular weight excluding hydrogens is 729 g/mol. The number of hydrogen-bond donors (Lipinski definition) is 0. The fourth-order valence-electron chi connectivity index (χ4n) is 11.9. The van der Waals surface area contributed by atoms with Gasteiger partial charge in [-0.05, 0) is 120 Å². The van der Waals surface area contributed by atoms with Crippen molar-refractivity contribution in [3.05, 3.63) is 0 Å². The maximum absolute atomic E-state index is 15.1. The molecule has 8 saturated heterocycles. The average Bonchev–Trinajstić information content (AvgIpc) is 3.49. The smallest absolute Gasteiger partial charge is 0.350 e. The Morgan fingerprint density at radius 3 is 1.61 bits per heavy atom. The normalized spacial score (nSPS) is 52.3. The van der Waals surface area contributed by atoms with Crippen LogP contribution in [-0.2, 0) is 48.0 Å². The number of unbranched alkanes of at least 4 members (excludes halogenated alkanes) is 2. The highest BCUT2D eigenvalue weighted by Crippen LogP contribution is 2.65. The summed E-state index contributed by atoms with van der Waals surface area (Å²) >= 11 is 1.81. The van der Waals surface area contributed by atoms with Crippen LogP contribution < -0.4 is 0 Å². The largest absolute Gasteiger partial charge is 0.443 e. The summed E-state index contributed by atoms with van der Waals surface area (Å²) in [4.78, 5) is 24.1. The van der Waals surface area contributed by atoms with Crippen LogP contribution in [0.3, 0.4) is 0 Å². The Kier molecular flexibility index (Phi) is 10.9. The molecule has 2 aliphatic carbocycles. The van der Waals surface area contributed by atoms with Crippen LogP contribution in [0.1, 0.15) is 126 Å². The molecule has 8 heterocycles. The minimum atomic E-state index is -4.75. The van der Waals surface area contributed by atoms with E-state index in [2.05, 4.69) is 20.8 Å². The van der Waals surface area contributed by atoms with E-state index in [9.17, 15) is 0 Å². The van der Waals surface area contributed by atoms with Gasteiger partial charge in [-0.25, -0.2) is 19.6 Å². The molecule has 10 fully saturated rings. The van der Waals surface area contributed by atoms with Crippen molar-refractivity contribution in [3.63, 3.8) is 0 Å². The molecule has 10 rings (SSSR count). The van der Waals surface area contributed by atoms with E-state index in [0.29, 0.717) is 37.7 Å². The van der Waals surface area contributed by atoms with Crippen LogP contribution in [-0.4, -0.2) is 77.8 Å². The molecule has 8 aliphatic heterocycles. The lowest BCUT2D eigenvalue weighted by Gasteiger charge is -2.62. The third kappa shape index (κ3) is 6.36. The summed E-state index contributed by atoms with van der Waals surface area (Å²) < 4.78 is 83.0. The van der Waals surface area contributed by atoms with Crippen molar-refractivity contribution < 1.29 is 61.1 Å². The van der Waals surface area contributed by atoms with E-state index in [0.717, 1.165) is 69.3 Å². The number of alkyl halides is 3. The van der Waals surface area contributed by atoms with Gasteiger partial charge in [0.15, 0.2) is 29.6 Å². The third-order valence-corrected chi connectivity index (χ3v) is 16.4. The van der Waals surface area contributed by atoms with E-state index in [4.69, 9.17) is 48.0 Å². The van der Waals surface area contributed by atoms with Gasteiger partial charge in [0.05, 0.1) is 13.2 Å². The van der Waals surface area contributed by atoms with E-state index in [1.54, 1.807) is 25.6 Å². The first-order valence-electron chi connectivity index (χ1n) is 20.9. The van der Waals surface area contributed by atoms with Crippen molar-refractivity contribution in [2.75, 3.05) is 24.7 Å². The summed E-state index contributed by atoms with van der Waals surface area (Å²) in [6, 6.07) is 0. The topological polar surface area (TPSA) is 92.3 Å². The minimum absolute atomic E-state index is 0.0217. The first-order chi connectivity index (χ1) is 25.5. The van der Waals surface area contributed by atoms with Crippen LogP contribution in [0.15, 0.2) is 0 Å². The van der Waals surface area contributed by atoms with Gasteiger partial charge in [-0.1, -0.05) is 27.7 Å². The van der Waals surface area contributed by atoms with Gasteiger partial charge >= 0.3 is 6.18 Å². The summed E-state index contributed by atoms with van der Waals surface area (Å²) in [5.41, 5.74) is -1.70. The second-order valence-electron chi connectivity index (χ2n) is 18.5. The lowest BCUT2D eigenvalue weighted by atomic mass is 9.57. The Morgan fingerprint density at radius 1 is 0.574 bits per heavy atom. The summed E-state index contributed by atoms with van der Waals surface area (Å²) in [5.74, 6) is -3.90.